The Kier molecular flexibility index (Phi) is 4.96. The fourth-order valence-electron chi connectivity index (χ4n) is 4.02. The molecule has 0 radical (unpaired) electrons. The number of aliphatic imine (C=N–C) groups is 2. The van der Waals surface area contributed by atoms with E-state index in [0.29, 0.717) is 23.5 Å². The average molecular weight is 395 g/mol. The number of ether oxygens (including phenoxy) is 2. The van der Waals surface area contributed by atoms with Gasteiger partial charge >= 0.3 is 0 Å². The molecule has 0 saturated heterocycles. The van der Waals surface area contributed by atoms with Crippen molar-refractivity contribution in [2.45, 2.75) is 37.8 Å². The molecule has 1 fully saturated rings. The van der Waals surface area contributed by atoms with E-state index in [-0.39, 0.29) is 5.96 Å². The number of anilines is 1. The largest absolute Gasteiger partial charge is 0.481 e. The van der Waals surface area contributed by atoms with E-state index in [2.05, 4.69) is 15.0 Å². The molecule has 2 aliphatic rings. The summed E-state index contributed by atoms with van der Waals surface area (Å²) in [5.41, 5.74) is 13.5. The predicted molar refractivity (Wildman–Crippen MR) is 112 cm³/mol. The van der Waals surface area contributed by atoms with Crippen LogP contribution in [0.15, 0.2) is 40.3 Å². The highest BCUT2D eigenvalue weighted by molar-refractivity contribution is 6.05. The van der Waals surface area contributed by atoms with E-state index < -0.39 is 5.66 Å². The van der Waals surface area contributed by atoms with Crippen LogP contribution in [0, 0.1) is 0 Å². The summed E-state index contributed by atoms with van der Waals surface area (Å²) in [6.45, 7) is 0. The van der Waals surface area contributed by atoms with Gasteiger partial charge in [0.05, 0.1) is 20.3 Å². The molecule has 1 spiro atoms. The SMILES string of the molecule is COc1cc(OC)nc(-c2cccc(N3C(N)=NC(N)=NC34CCCCC4)c2)n1. The van der Waals surface area contributed by atoms with Crippen molar-refractivity contribution in [3.8, 4) is 23.1 Å². The number of guanidine groups is 2. The van der Waals surface area contributed by atoms with Crippen molar-refractivity contribution < 1.29 is 9.47 Å². The molecule has 4 rings (SSSR count). The molecule has 0 unspecified atom stereocenters. The van der Waals surface area contributed by atoms with Crippen LogP contribution in [-0.2, 0) is 0 Å². The molecule has 9 heteroatoms. The number of nitrogens with zero attached hydrogens (tertiary/aromatic N) is 5. The summed E-state index contributed by atoms with van der Waals surface area (Å²) < 4.78 is 10.5. The van der Waals surface area contributed by atoms with E-state index in [1.165, 1.54) is 6.42 Å². The van der Waals surface area contributed by atoms with Crippen LogP contribution < -0.4 is 25.8 Å². The zero-order valence-electron chi connectivity index (χ0n) is 16.6. The van der Waals surface area contributed by atoms with Crippen LogP contribution in [0.3, 0.4) is 0 Å². The Morgan fingerprint density at radius 1 is 0.966 bits per heavy atom. The molecule has 2 aromatic rings. The highest BCUT2D eigenvalue weighted by Crippen LogP contribution is 2.40. The lowest BCUT2D eigenvalue weighted by Crippen LogP contribution is -2.58. The van der Waals surface area contributed by atoms with E-state index >= 15 is 0 Å². The van der Waals surface area contributed by atoms with Crippen LogP contribution in [0.4, 0.5) is 5.69 Å². The maximum Gasteiger partial charge on any atom is 0.220 e. The third kappa shape index (κ3) is 3.55. The van der Waals surface area contributed by atoms with Gasteiger partial charge in [0.15, 0.2) is 5.82 Å². The van der Waals surface area contributed by atoms with Gasteiger partial charge in [-0.05, 0) is 37.8 Å². The van der Waals surface area contributed by atoms with Crippen molar-refractivity contribution in [2.75, 3.05) is 19.1 Å². The molecule has 1 saturated carbocycles. The zero-order valence-corrected chi connectivity index (χ0v) is 16.6. The van der Waals surface area contributed by atoms with Crippen molar-refractivity contribution in [3.05, 3.63) is 30.3 Å². The zero-order chi connectivity index (χ0) is 20.4. The summed E-state index contributed by atoms with van der Waals surface area (Å²) in [5.74, 6) is 1.93. The Labute approximate surface area is 169 Å². The van der Waals surface area contributed by atoms with Crippen LogP contribution in [0.5, 0.6) is 11.8 Å². The van der Waals surface area contributed by atoms with Gasteiger partial charge in [0.1, 0.15) is 5.66 Å². The maximum atomic E-state index is 6.33. The lowest BCUT2D eigenvalue weighted by atomic mass is 9.87. The Bertz CT molecular complexity index is 945. The fraction of sp³-hybridized carbons (Fsp3) is 0.400. The second kappa shape index (κ2) is 7.57. The lowest BCUT2D eigenvalue weighted by molar-refractivity contribution is 0.305. The van der Waals surface area contributed by atoms with Gasteiger partial charge in [0, 0.05) is 11.3 Å². The molecule has 0 atom stereocenters. The molecule has 152 valence electrons. The van der Waals surface area contributed by atoms with Gasteiger partial charge in [-0.15, -0.1) is 0 Å². The first-order valence-electron chi connectivity index (χ1n) is 9.62. The van der Waals surface area contributed by atoms with Crippen molar-refractivity contribution >= 4 is 17.6 Å². The predicted octanol–water partition coefficient (Wildman–Crippen LogP) is 2.27. The summed E-state index contributed by atoms with van der Waals surface area (Å²) in [6, 6.07) is 9.46. The van der Waals surface area contributed by atoms with Gasteiger partial charge in [0.2, 0.25) is 23.7 Å². The van der Waals surface area contributed by atoms with Crippen molar-refractivity contribution in [1.82, 2.24) is 9.97 Å². The molecule has 1 aromatic carbocycles. The van der Waals surface area contributed by atoms with E-state index in [9.17, 15) is 0 Å². The van der Waals surface area contributed by atoms with Crippen LogP contribution in [-0.4, -0.2) is 41.8 Å². The normalized spacial score (nSPS) is 18.2. The van der Waals surface area contributed by atoms with Gasteiger partial charge < -0.3 is 20.9 Å². The first-order valence-corrected chi connectivity index (χ1v) is 9.62. The summed E-state index contributed by atoms with van der Waals surface area (Å²) >= 11 is 0. The Balaban J connectivity index is 1.78. The molecular formula is C20H25N7O2. The molecule has 2 heterocycles. The van der Waals surface area contributed by atoms with Gasteiger partial charge in [-0.1, -0.05) is 18.6 Å². The van der Waals surface area contributed by atoms with Gasteiger partial charge in [-0.2, -0.15) is 15.0 Å². The molecule has 4 N–H and O–H groups in total. The maximum absolute atomic E-state index is 6.33. The molecule has 29 heavy (non-hydrogen) atoms. The number of rotatable bonds is 4. The van der Waals surface area contributed by atoms with Gasteiger partial charge in [-0.25, -0.2) is 4.99 Å². The van der Waals surface area contributed by atoms with E-state index in [0.717, 1.165) is 36.9 Å². The number of hydrogen-bond acceptors (Lipinski definition) is 9. The van der Waals surface area contributed by atoms with Crippen molar-refractivity contribution in [2.24, 2.45) is 21.5 Å². The number of methoxy groups -OCH3 is 2. The topological polar surface area (TPSA) is 124 Å². The highest BCUT2D eigenvalue weighted by Gasteiger charge is 2.42. The minimum absolute atomic E-state index is 0.234. The monoisotopic (exact) mass is 395 g/mol. The standard InChI is InChI=1S/C20H25N7O2/c1-28-15-12-16(29-2)24-17(23-15)13-7-6-8-14(11-13)27-19(22)25-18(21)26-20(27)9-4-3-5-10-20/h6-8,11-12H,3-5,9-10H2,1-2H3,(H4,21,22,25,26). The summed E-state index contributed by atoms with van der Waals surface area (Å²) in [6.07, 6.45) is 5.06. The number of hydrogen-bond donors (Lipinski definition) is 2. The van der Waals surface area contributed by atoms with Crippen molar-refractivity contribution in [1.29, 1.82) is 0 Å². The van der Waals surface area contributed by atoms with E-state index in [1.807, 2.05) is 29.2 Å². The molecule has 1 aliphatic heterocycles. The average Bonchev–Trinajstić information content (AvgIpc) is 2.73. The van der Waals surface area contributed by atoms with E-state index in [1.54, 1.807) is 20.3 Å². The minimum atomic E-state index is -0.500. The Morgan fingerprint density at radius 2 is 1.66 bits per heavy atom. The van der Waals surface area contributed by atoms with Gasteiger partial charge in [0.25, 0.3) is 0 Å². The Morgan fingerprint density at radius 3 is 2.31 bits per heavy atom. The summed E-state index contributed by atoms with van der Waals surface area (Å²) in [4.78, 5) is 19.8. The summed E-state index contributed by atoms with van der Waals surface area (Å²) in [5, 5.41) is 0. The fourth-order valence-corrected chi connectivity index (χ4v) is 4.02. The third-order valence-corrected chi connectivity index (χ3v) is 5.31. The minimum Gasteiger partial charge on any atom is -0.481 e. The van der Waals surface area contributed by atoms with E-state index in [4.69, 9.17) is 25.9 Å². The first-order chi connectivity index (χ1) is 14.0. The lowest BCUT2D eigenvalue weighted by Gasteiger charge is -2.45. The number of benzene rings is 1. The molecule has 0 bridgehead atoms. The Hall–Kier alpha value is -3.36. The number of aromatic nitrogens is 2. The van der Waals surface area contributed by atoms with Crippen LogP contribution in [0.25, 0.3) is 11.4 Å². The smallest absolute Gasteiger partial charge is 0.220 e. The first kappa shape index (κ1) is 19.0. The molecular weight excluding hydrogens is 370 g/mol. The second-order valence-corrected chi connectivity index (χ2v) is 7.15. The van der Waals surface area contributed by atoms with Crippen LogP contribution in [0.1, 0.15) is 32.1 Å². The quantitative estimate of drug-likeness (QED) is 0.813. The van der Waals surface area contributed by atoms with Crippen molar-refractivity contribution in [3.63, 3.8) is 0 Å². The third-order valence-electron chi connectivity index (χ3n) is 5.31. The summed E-state index contributed by atoms with van der Waals surface area (Å²) in [7, 11) is 3.12. The van der Waals surface area contributed by atoms with Crippen LogP contribution >= 0.6 is 0 Å². The number of nitrogens with two attached hydrogens (primary N) is 2. The van der Waals surface area contributed by atoms with Crippen LogP contribution in [0.2, 0.25) is 0 Å². The molecule has 0 amide bonds. The highest BCUT2D eigenvalue weighted by atomic mass is 16.5. The molecule has 1 aliphatic carbocycles. The molecule has 1 aromatic heterocycles. The van der Waals surface area contributed by atoms with Gasteiger partial charge in [-0.3, -0.25) is 4.90 Å². The second-order valence-electron chi connectivity index (χ2n) is 7.15. The molecule has 9 nitrogen and oxygen atoms in total.